The first kappa shape index (κ1) is 15.4. The molecule has 0 bridgehead atoms. The quantitative estimate of drug-likeness (QED) is 0.696. The number of benzene rings is 2. The van der Waals surface area contributed by atoms with Gasteiger partial charge in [-0.3, -0.25) is 9.89 Å². The summed E-state index contributed by atoms with van der Waals surface area (Å²) in [5, 5.41) is 11.9. The van der Waals surface area contributed by atoms with E-state index < -0.39 is 0 Å². The summed E-state index contributed by atoms with van der Waals surface area (Å²) >= 11 is 0. The fourth-order valence-corrected chi connectivity index (χ4v) is 3.94. The Morgan fingerprint density at radius 3 is 2.92 bits per heavy atom. The standard InChI is InChI=1S/C22H21N3O/c26-21(23-19-11-9-15-3-1-2-4-17(15)19)12-6-14-5-10-18-20(13-14)24-25-22(18)16-7-8-16/h1-6,10,12-13,16,19H,7-9,11H2,(H,23,26)(H,24,25)/b12-6+. The number of aromatic nitrogens is 2. The van der Waals surface area contributed by atoms with E-state index >= 15 is 0 Å². The van der Waals surface area contributed by atoms with Gasteiger partial charge in [-0.25, -0.2) is 0 Å². The second-order valence-corrected chi connectivity index (χ2v) is 7.32. The molecule has 26 heavy (non-hydrogen) atoms. The zero-order valence-electron chi connectivity index (χ0n) is 14.5. The lowest BCUT2D eigenvalue weighted by Gasteiger charge is -2.12. The molecule has 130 valence electrons. The largest absolute Gasteiger partial charge is 0.346 e. The molecule has 3 aromatic rings. The monoisotopic (exact) mass is 343 g/mol. The summed E-state index contributed by atoms with van der Waals surface area (Å²) < 4.78 is 0. The van der Waals surface area contributed by atoms with Crippen molar-refractivity contribution in [2.75, 3.05) is 0 Å². The van der Waals surface area contributed by atoms with Crippen LogP contribution in [-0.4, -0.2) is 16.1 Å². The van der Waals surface area contributed by atoms with Gasteiger partial charge < -0.3 is 5.32 Å². The maximum atomic E-state index is 12.3. The van der Waals surface area contributed by atoms with Crippen molar-refractivity contribution < 1.29 is 4.79 Å². The van der Waals surface area contributed by atoms with Crippen LogP contribution in [0.3, 0.4) is 0 Å². The summed E-state index contributed by atoms with van der Waals surface area (Å²) in [6.07, 6.45) is 8.00. The highest BCUT2D eigenvalue weighted by molar-refractivity contribution is 5.93. The number of nitrogens with one attached hydrogen (secondary N) is 2. The minimum absolute atomic E-state index is 0.0486. The molecule has 1 heterocycles. The van der Waals surface area contributed by atoms with Crippen LogP contribution in [0.1, 0.15) is 53.6 Å². The highest BCUT2D eigenvalue weighted by Crippen LogP contribution is 2.41. The number of aryl methyl sites for hydroxylation is 1. The molecule has 0 spiro atoms. The van der Waals surface area contributed by atoms with Crippen LogP contribution in [0.2, 0.25) is 0 Å². The number of hydrogen-bond donors (Lipinski definition) is 2. The second-order valence-electron chi connectivity index (χ2n) is 7.32. The van der Waals surface area contributed by atoms with Crippen molar-refractivity contribution in [3.8, 4) is 0 Å². The summed E-state index contributed by atoms with van der Waals surface area (Å²) in [4.78, 5) is 12.3. The summed E-state index contributed by atoms with van der Waals surface area (Å²) in [7, 11) is 0. The smallest absolute Gasteiger partial charge is 0.244 e. The lowest BCUT2D eigenvalue weighted by atomic mass is 10.1. The van der Waals surface area contributed by atoms with Crippen LogP contribution >= 0.6 is 0 Å². The zero-order chi connectivity index (χ0) is 17.5. The first-order valence-corrected chi connectivity index (χ1v) is 9.32. The van der Waals surface area contributed by atoms with E-state index in [1.165, 1.54) is 35.0 Å². The highest BCUT2D eigenvalue weighted by atomic mass is 16.1. The number of carbonyl (C=O) groups excluding carboxylic acids is 1. The first-order valence-electron chi connectivity index (χ1n) is 9.32. The van der Waals surface area contributed by atoms with Crippen LogP contribution < -0.4 is 5.32 Å². The molecule has 2 N–H and O–H groups in total. The van der Waals surface area contributed by atoms with Crippen molar-refractivity contribution in [3.63, 3.8) is 0 Å². The van der Waals surface area contributed by atoms with Gasteiger partial charge in [-0.2, -0.15) is 5.10 Å². The minimum Gasteiger partial charge on any atom is -0.346 e. The molecular formula is C22H21N3O. The molecule has 1 aromatic heterocycles. The lowest BCUT2D eigenvalue weighted by molar-refractivity contribution is -0.117. The van der Waals surface area contributed by atoms with Gasteiger partial charge in [-0.1, -0.05) is 36.4 Å². The second kappa shape index (κ2) is 6.13. The van der Waals surface area contributed by atoms with Crippen molar-refractivity contribution in [3.05, 3.63) is 70.9 Å². The number of nitrogens with zero attached hydrogens (tertiary/aromatic N) is 1. The summed E-state index contributed by atoms with van der Waals surface area (Å²) in [5.41, 5.74) is 5.82. The van der Waals surface area contributed by atoms with E-state index in [0.717, 1.165) is 23.9 Å². The van der Waals surface area contributed by atoms with Gasteiger partial charge >= 0.3 is 0 Å². The van der Waals surface area contributed by atoms with Gasteiger partial charge in [0.2, 0.25) is 5.91 Å². The Balaban J connectivity index is 1.29. The van der Waals surface area contributed by atoms with E-state index in [2.05, 4.69) is 45.8 Å². The number of carbonyl (C=O) groups is 1. The molecule has 1 saturated carbocycles. The molecule has 2 aliphatic rings. The molecule has 1 fully saturated rings. The lowest BCUT2D eigenvalue weighted by Crippen LogP contribution is -2.25. The third-order valence-corrected chi connectivity index (χ3v) is 5.47. The first-order chi connectivity index (χ1) is 12.8. The van der Waals surface area contributed by atoms with E-state index in [-0.39, 0.29) is 11.9 Å². The van der Waals surface area contributed by atoms with Crippen molar-refractivity contribution in [2.24, 2.45) is 0 Å². The Hall–Kier alpha value is -2.88. The van der Waals surface area contributed by atoms with Crippen LogP contribution in [-0.2, 0) is 11.2 Å². The van der Waals surface area contributed by atoms with Gasteiger partial charge in [0.1, 0.15) is 0 Å². The number of amides is 1. The number of rotatable bonds is 4. The Morgan fingerprint density at radius 1 is 1.15 bits per heavy atom. The molecule has 4 nitrogen and oxygen atoms in total. The average molecular weight is 343 g/mol. The number of fused-ring (bicyclic) bond motifs is 2. The maximum Gasteiger partial charge on any atom is 0.244 e. The number of aromatic amines is 1. The summed E-state index contributed by atoms with van der Waals surface area (Å²) in [6.45, 7) is 0. The molecule has 0 radical (unpaired) electrons. The van der Waals surface area contributed by atoms with E-state index in [0.29, 0.717) is 5.92 Å². The Labute approximate surface area is 152 Å². The molecule has 5 rings (SSSR count). The van der Waals surface area contributed by atoms with Crippen LogP contribution in [0.15, 0.2) is 48.5 Å². The predicted molar refractivity (Wildman–Crippen MR) is 103 cm³/mol. The van der Waals surface area contributed by atoms with Crippen LogP contribution in [0, 0.1) is 0 Å². The fourth-order valence-electron chi connectivity index (χ4n) is 3.94. The van der Waals surface area contributed by atoms with Crippen LogP contribution in [0.4, 0.5) is 0 Å². The van der Waals surface area contributed by atoms with Crippen molar-refractivity contribution in [1.82, 2.24) is 15.5 Å². The van der Waals surface area contributed by atoms with Crippen molar-refractivity contribution in [2.45, 2.75) is 37.6 Å². The fraction of sp³-hybridized carbons (Fsp3) is 0.273. The Kier molecular flexibility index (Phi) is 3.63. The molecule has 1 unspecified atom stereocenters. The zero-order valence-corrected chi connectivity index (χ0v) is 14.5. The Morgan fingerprint density at radius 2 is 2.04 bits per heavy atom. The van der Waals surface area contributed by atoms with Gasteiger partial charge in [0.05, 0.1) is 11.6 Å². The predicted octanol–water partition coefficient (Wildman–Crippen LogP) is 4.26. The normalized spacial score (nSPS) is 19.2. The molecule has 4 heteroatoms. The third-order valence-electron chi connectivity index (χ3n) is 5.47. The molecule has 2 aliphatic carbocycles. The maximum absolute atomic E-state index is 12.3. The minimum atomic E-state index is -0.0486. The van der Waals surface area contributed by atoms with Gasteiger partial charge in [0.25, 0.3) is 0 Å². The van der Waals surface area contributed by atoms with E-state index in [1.807, 2.05) is 18.2 Å². The van der Waals surface area contributed by atoms with Crippen LogP contribution in [0.25, 0.3) is 17.0 Å². The molecule has 0 saturated heterocycles. The molecular weight excluding hydrogens is 322 g/mol. The van der Waals surface area contributed by atoms with E-state index in [4.69, 9.17) is 0 Å². The topological polar surface area (TPSA) is 57.8 Å². The van der Waals surface area contributed by atoms with Crippen molar-refractivity contribution >= 4 is 22.9 Å². The summed E-state index contributed by atoms with van der Waals surface area (Å²) in [6, 6.07) is 14.7. The molecule has 1 amide bonds. The summed E-state index contributed by atoms with van der Waals surface area (Å²) in [5.74, 6) is 0.606. The van der Waals surface area contributed by atoms with Crippen LogP contribution in [0.5, 0.6) is 0 Å². The third kappa shape index (κ3) is 2.81. The van der Waals surface area contributed by atoms with Crippen molar-refractivity contribution in [1.29, 1.82) is 0 Å². The average Bonchev–Trinajstić information content (AvgIpc) is 3.30. The van der Waals surface area contributed by atoms with Gasteiger partial charge in [0, 0.05) is 23.1 Å². The molecule has 0 aliphatic heterocycles. The number of hydrogen-bond acceptors (Lipinski definition) is 2. The number of H-pyrrole nitrogens is 1. The van der Waals surface area contributed by atoms with Gasteiger partial charge in [0.15, 0.2) is 0 Å². The van der Waals surface area contributed by atoms with E-state index in [1.54, 1.807) is 6.08 Å². The Bertz CT molecular complexity index is 1010. The highest BCUT2D eigenvalue weighted by Gasteiger charge is 2.27. The SMILES string of the molecule is O=C(/C=C/c1ccc2c(C3CC3)[nH]nc2c1)NC1CCc2ccccc21. The molecule has 2 aromatic carbocycles. The van der Waals surface area contributed by atoms with E-state index in [9.17, 15) is 4.79 Å². The molecule has 1 atom stereocenters. The van der Waals surface area contributed by atoms with Gasteiger partial charge in [-0.15, -0.1) is 0 Å². The van der Waals surface area contributed by atoms with Gasteiger partial charge in [-0.05, 0) is 54.5 Å².